The Morgan fingerprint density at radius 1 is 1.45 bits per heavy atom. The Balaban J connectivity index is 2.08. The Kier molecular flexibility index (Phi) is 5.31. The first-order chi connectivity index (χ1) is 10.5. The molecular weight excluding hydrogens is 397 g/mol. The third-order valence-corrected chi connectivity index (χ3v) is 3.65. The second-order valence-corrected chi connectivity index (χ2v) is 5.60. The predicted octanol–water partition coefficient (Wildman–Crippen LogP) is 2.47. The molecule has 114 valence electrons. The summed E-state index contributed by atoms with van der Waals surface area (Å²) in [6, 6.07) is 6.79. The number of aromatic hydroxyl groups is 1. The number of pyridine rings is 1. The fourth-order valence-corrected chi connectivity index (χ4v) is 2.28. The van der Waals surface area contributed by atoms with E-state index in [1.165, 1.54) is 19.5 Å². The van der Waals surface area contributed by atoms with Crippen molar-refractivity contribution in [2.75, 3.05) is 7.11 Å². The summed E-state index contributed by atoms with van der Waals surface area (Å²) in [4.78, 5) is 15.9. The highest BCUT2D eigenvalue weighted by atomic mass is 127. The highest BCUT2D eigenvalue weighted by molar-refractivity contribution is 14.1. The van der Waals surface area contributed by atoms with E-state index in [2.05, 4.69) is 15.5 Å². The van der Waals surface area contributed by atoms with Crippen molar-refractivity contribution in [3.8, 4) is 11.5 Å². The number of ether oxygens (including phenoxy) is 1. The fraction of sp³-hybridized carbons (Fsp3) is 0.133. The number of phenolic OH excluding ortho intramolecular Hbond substituents is 1. The van der Waals surface area contributed by atoms with Crippen LogP contribution in [-0.4, -0.2) is 29.3 Å². The lowest BCUT2D eigenvalue weighted by Crippen LogP contribution is -2.17. The lowest BCUT2D eigenvalue weighted by atomic mass is 10.2. The zero-order chi connectivity index (χ0) is 16.1. The van der Waals surface area contributed by atoms with Crippen LogP contribution in [0.25, 0.3) is 0 Å². The number of phenols is 1. The van der Waals surface area contributed by atoms with Gasteiger partial charge in [0, 0.05) is 11.9 Å². The molecule has 1 aromatic carbocycles. The smallest absolute Gasteiger partial charge is 0.272 e. The quantitative estimate of drug-likeness (QED) is 0.460. The van der Waals surface area contributed by atoms with Crippen LogP contribution in [0.3, 0.4) is 0 Å². The minimum atomic E-state index is -0.343. The molecule has 2 rings (SSSR count). The molecule has 0 saturated carbocycles. The molecule has 1 amide bonds. The van der Waals surface area contributed by atoms with Crippen molar-refractivity contribution in [1.82, 2.24) is 10.4 Å². The van der Waals surface area contributed by atoms with E-state index in [1.807, 2.05) is 29.5 Å². The maximum absolute atomic E-state index is 11.9. The summed E-state index contributed by atoms with van der Waals surface area (Å²) in [6.07, 6.45) is 2.97. The minimum Gasteiger partial charge on any atom is -0.504 e. The first-order valence-electron chi connectivity index (χ1n) is 6.34. The molecule has 1 heterocycles. The number of hydrazone groups is 1. The standard InChI is InChI=1S/C15H14IN3O3/c1-9-3-4-11(8-17-9)15(21)19-18-7-10-5-12(16)14(20)13(6-10)22-2/h3-8,20H,1-2H3,(H,19,21)/b18-7+. The molecule has 0 aliphatic heterocycles. The average Bonchev–Trinajstić information content (AvgIpc) is 2.51. The zero-order valence-corrected chi connectivity index (χ0v) is 14.2. The van der Waals surface area contributed by atoms with E-state index >= 15 is 0 Å². The van der Waals surface area contributed by atoms with Crippen LogP contribution < -0.4 is 10.2 Å². The minimum absolute atomic E-state index is 0.0787. The summed E-state index contributed by atoms with van der Waals surface area (Å²) in [6.45, 7) is 1.85. The van der Waals surface area contributed by atoms with Crippen LogP contribution in [-0.2, 0) is 0 Å². The topological polar surface area (TPSA) is 83.8 Å². The molecule has 2 N–H and O–H groups in total. The lowest BCUT2D eigenvalue weighted by molar-refractivity contribution is 0.0955. The van der Waals surface area contributed by atoms with E-state index in [-0.39, 0.29) is 11.7 Å². The zero-order valence-electron chi connectivity index (χ0n) is 12.0. The van der Waals surface area contributed by atoms with E-state index < -0.39 is 0 Å². The summed E-state index contributed by atoms with van der Waals surface area (Å²) in [7, 11) is 1.47. The summed E-state index contributed by atoms with van der Waals surface area (Å²) in [5, 5.41) is 13.6. The number of carbonyl (C=O) groups is 1. The van der Waals surface area contributed by atoms with Gasteiger partial charge < -0.3 is 9.84 Å². The number of carbonyl (C=O) groups excluding carboxylic acids is 1. The van der Waals surface area contributed by atoms with Crippen molar-refractivity contribution < 1.29 is 14.6 Å². The molecular formula is C15H14IN3O3. The highest BCUT2D eigenvalue weighted by Gasteiger charge is 2.08. The summed E-state index contributed by atoms with van der Waals surface area (Å²) in [5.41, 5.74) is 4.39. The third kappa shape index (κ3) is 3.94. The van der Waals surface area contributed by atoms with Crippen LogP contribution in [0, 0.1) is 10.5 Å². The van der Waals surface area contributed by atoms with Crippen LogP contribution in [0.4, 0.5) is 0 Å². The molecule has 0 fully saturated rings. The Morgan fingerprint density at radius 2 is 2.23 bits per heavy atom. The number of methoxy groups -OCH3 is 1. The van der Waals surface area contributed by atoms with Crippen molar-refractivity contribution in [2.24, 2.45) is 5.10 Å². The molecule has 0 spiro atoms. The largest absolute Gasteiger partial charge is 0.504 e. The Labute approximate surface area is 141 Å². The van der Waals surface area contributed by atoms with Gasteiger partial charge in [-0.3, -0.25) is 9.78 Å². The summed E-state index contributed by atoms with van der Waals surface area (Å²) < 4.78 is 5.69. The van der Waals surface area contributed by atoms with E-state index in [0.717, 1.165) is 5.69 Å². The van der Waals surface area contributed by atoms with Crippen LogP contribution in [0.15, 0.2) is 35.6 Å². The van der Waals surface area contributed by atoms with Gasteiger partial charge in [0.15, 0.2) is 11.5 Å². The van der Waals surface area contributed by atoms with Gasteiger partial charge in [-0.15, -0.1) is 0 Å². The number of amides is 1. The van der Waals surface area contributed by atoms with Crippen LogP contribution in [0.5, 0.6) is 11.5 Å². The van der Waals surface area contributed by atoms with E-state index in [4.69, 9.17) is 4.74 Å². The molecule has 0 atom stereocenters. The molecule has 0 aliphatic rings. The van der Waals surface area contributed by atoms with Gasteiger partial charge >= 0.3 is 0 Å². The van der Waals surface area contributed by atoms with Gasteiger partial charge in [0.1, 0.15) is 0 Å². The number of aryl methyl sites for hydroxylation is 1. The number of benzene rings is 1. The van der Waals surface area contributed by atoms with Crippen molar-refractivity contribution >= 4 is 34.7 Å². The average molecular weight is 411 g/mol. The van der Waals surface area contributed by atoms with Gasteiger partial charge in [0.25, 0.3) is 5.91 Å². The number of hydrogen-bond acceptors (Lipinski definition) is 5. The fourth-order valence-electron chi connectivity index (χ4n) is 1.66. The van der Waals surface area contributed by atoms with E-state index in [9.17, 15) is 9.90 Å². The molecule has 0 bridgehead atoms. The lowest BCUT2D eigenvalue weighted by Gasteiger charge is -2.06. The Morgan fingerprint density at radius 3 is 2.86 bits per heavy atom. The summed E-state index contributed by atoms with van der Waals surface area (Å²) >= 11 is 1.99. The monoisotopic (exact) mass is 411 g/mol. The van der Waals surface area contributed by atoms with Crippen molar-refractivity contribution in [2.45, 2.75) is 6.92 Å². The second-order valence-electron chi connectivity index (χ2n) is 4.44. The molecule has 0 unspecified atom stereocenters. The Hall–Kier alpha value is -2.16. The number of aromatic nitrogens is 1. The van der Waals surface area contributed by atoms with Crippen LogP contribution in [0.1, 0.15) is 21.6 Å². The molecule has 7 heteroatoms. The van der Waals surface area contributed by atoms with Gasteiger partial charge in [0.2, 0.25) is 0 Å². The van der Waals surface area contributed by atoms with E-state index in [1.54, 1.807) is 24.3 Å². The molecule has 0 saturated heterocycles. The van der Waals surface area contributed by atoms with Crippen LogP contribution >= 0.6 is 22.6 Å². The molecule has 0 radical (unpaired) electrons. The highest BCUT2D eigenvalue weighted by Crippen LogP contribution is 2.31. The molecule has 1 aromatic heterocycles. The van der Waals surface area contributed by atoms with Crippen molar-refractivity contribution in [1.29, 1.82) is 0 Å². The third-order valence-electron chi connectivity index (χ3n) is 2.82. The van der Waals surface area contributed by atoms with Gasteiger partial charge in [-0.25, -0.2) is 5.43 Å². The number of nitrogens with one attached hydrogen (secondary N) is 1. The van der Waals surface area contributed by atoms with E-state index in [0.29, 0.717) is 20.4 Å². The Bertz CT molecular complexity index is 715. The van der Waals surface area contributed by atoms with Gasteiger partial charge in [-0.1, -0.05) is 0 Å². The number of nitrogens with zero attached hydrogens (tertiary/aromatic N) is 2. The predicted molar refractivity (Wildman–Crippen MR) is 91.4 cm³/mol. The first-order valence-corrected chi connectivity index (χ1v) is 7.41. The van der Waals surface area contributed by atoms with Gasteiger partial charge in [0.05, 0.1) is 22.5 Å². The molecule has 22 heavy (non-hydrogen) atoms. The van der Waals surface area contributed by atoms with Crippen molar-refractivity contribution in [3.63, 3.8) is 0 Å². The van der Waals surface area contributed by atoms with Crippen LogP contribution in [0.2, 0.25) is 0 Å². The van der Waals surface area contributed by atoms with Gasteiger partial charge in [-0.2, -0.15) is 5.10 Å². The normalized spacial score (nSPS) is 10.7. The second kappa shape index (κ2) is 7.21. The number of halogens is 1. The summed E-state index contributed by atoms with van der Waals surface area (Å²) in [5.74, 6) is 0.0848. The SMILES string of the molecule is COc1cc(/C=N/NC(=O)c2ccc(C)nc2)cc(I)c1O. The molecule has 2 aromatic rings. The maximum Gasteiger partial charge on any atom is 0.272 e. The first kappa shape index (κ1) is 16.2. The van der Waals surface area contributed by atoms with Gasteiger partial charge in [-0.05, 0) is 59.3 Å². The van der Waals surface area contributed by atoms with Crippen molar-refractivity contribution in [3.05, 3.63) is 50.9 Å². The number of rotatable bonds is 4. The molecule has 0 aliphatic carbocycles. The molecule has 6 nitrogen and oxygen atoms in total. The maximum atomic E-state index is 11.9. The number of hydrogen-bond donors (Lipinski definition) is 2.